The number of para-hydroxylation sites is 2. The fraction of sp³-hybridized carbons (Fsp3) is 0. The topological polar surface area (TPSA) is 87.5 Å². The number of aromatic nitrogens is 1. The lowest BCUT2D eigenvalue weighted by molar-refractivity contribution is 0.0951. The van der Waals surface area contributed by atoms with E-state index in [1.165, 1.54) is 24.4 Å². The van der Waals surface area contributed by atoms with Gasteiger partial charge in [-0.25, -0.2) is 14.6 Å². The minimum atomic E-state index is -0.675. The third-order valence-corrected chi connectivity index (χ3v) is 5.14. The number of carbonyl (C=O) groups excluding carboxylic acids is 1. The van der Waals surface area contributed by atoms with Crippen molar-refractivity contribution in [3.05, 3.63) is 106 Å². The third-order valence-electron chi connectivity index (χ3n) is 5.14. The summed E-state index contributed by atoms with van der Waals surface area (Å²) in [7, 11) is 0. The highest BCUT2D eigenvalue weighted by atomic mass is 19.1. The first-order valence-electron chi connectivity index (χ1n) is 9.84. The average Bonchev–Trinajstić information content (AvgIpc) is 3.17. The van der Waals surface area contributed by atoms with Crippen LogP contribution in [0.25, 0.3) is 33.1 Å². The Labute approximate surface area is 181 Å². The van der Waals surface area contributed by atoms with Gasteiger partial charge in [0.25, 0.3) is 5.91 Å². The van der Waals surface area contributed by atoms with E-state index in [0.717, 1.165) is 16.3 Å². The molecule has 2 heterocycles. The minimum Gasteiger partial charge on any atom is -0.422 e. The molecule has 6 nitrogen and oxygen atoms in total. The number of nitrogens with zero attached hydrogens (tertiary/aromatic N) is 1. The molecule has 0 aliphatic rings. The third kappa shape index (κ3) is 3.45. The molecule has 0 spiro atoms. The first kappa shape index (κ1) is 19.4. The fourth-order valence-electron chi connectivity index (χ4n) is 3.61. The summed E-state index contributed by atoms with van der Waals surface area (Å²) in [6.45, 7) is 0. The number of halogens is 1. The largest absolute Gasteiger partial charge is 0.422 e. The van der Waals surface area contributed by atoms with E-state index in [1.54, 1.807) is 24.3 Å². The standard InChI is InChI=1S/C25H16FN3O3/c26-20-10-4-2-9-17(20)24(30)29-27-14-19-16-8-3-5-11-21(16)28-23(19)18-13-15-7-1-6-12-22(15)32-25(18)31/h1-14,28H,(H,29,30)/b27-14+. The van der Waals surface area contributed by atoms with Gasteiger partial charge < -0.3 is 9.40 Å². The number of hydrogen-bond donors (Lipinski definition) is 2. The fourth-order valence-corrected chi connectivity index (χ4v) is 3.61. The summed E-state index contributed by atoms with van der Waals surface area (Å²) < 4.78 is 19.3. The van der Waals surface area contributed by atoms with Gasteiger partial charge in [0, 0.05) is 21.9 Å². The van der Waals surface area contributed by atoms with Crippen molar-refractivity contribution in [3.8, 4) is 11.3 Å². The lowest BCUT2D eigenvalue weighted by atomic mass is 10.1. The summed E-state index contributed by atoms with van der Waals surface area (Å²) >= 11 is 0. The summed E-state index contributed by atoms with van der Waals surface area (Å²) in [5.41, 5.74) is 4.45. The van der Waals surface area contributed by atoms with Crippen LogP contribution >= 0.6 is 0 Å². The van der Waals surface area contributed by atoms with Gasteiger partial charge in [-0.15, -0.1) is 0 Å². The Kier molecular flexibility index (Phi) is 4.84. The molecule has 5 rings (SSSR count). The Morgan fingerprint density at radius 2 is 1.75 bits per heavy atom. The van der Waals surface area contributed by atoms with Crippen molar-refractivity contribution in [2.45, 2.75) is 0 Å². The molecule has 2 N–H and O–H groups in total. The highest BCUT2D eigenvalue weighted by molar-refractivity contribution is 6.06. The normalized spacial score (nSPS) is 11.4. The molecule has 1 amide bonds. The SMILES string of the molecule is O=C(N/N=C/c1c(-c2cc3ccccc3oc2=O)[nH]c2ccccc12)c1ccccc1F. The van der Waals surface area contributed by atoms with Crippen molar-refractivity contribution in [2.24, 2.45) is 5.10 Å². The predicted octanol–water partition coefficient (Wildman–Crippen LogP) is 4.84. The van der Waals surface area contributed by atoms with Crippen LogP contribution in [0.15, 0.2) is 93.2 Å². The monoisotopic (exact) mass is 425 g/mol. The first-order valence-corrected chi connectivity index (χ1v) is 9.84. The van der Waals surface area contributed by atoms with Crippen LogP contribution in [-0.2, 0) is 0 Å². The van der Waals surface area contributed by atoms with E-state index < -0.39 is 17.3 Å². The quantitative estimate of drug-likeness (QED) is 0.245. The van der Waals surface area contributed by atoms with Crippen molar-refractivity contribution in [3.63, 3.8) is 0 Å². The minimum absolute atomic E-state index is 0.112. The molecule has 3 aromatic carbocycles. The molecular formula is C25H16FN3O3. The second-order valence-electron chi connectivity index (χ2n) is 7.12. The van der Waals surface area contributed by atoms with Gasteiger partial charge in [-0.3, -0.25) is 4.79 Å². The van der Waals surface area contributed by atoms with Gasteiger partial charge in [0.1, 0.15) is 11.4 Å². The second-order valence-corrected chi connectivity index (χ2v) is 7.12. The van der Waals surface area contributed by atoms with Crippen molar-refractivity contribution in [1.82, 2.24) is 10.4 Å². The molecular weight excluding hydrogens is 409 g/mol. The zero-order valence-electron chi connectivity index (χ0n) is 16.6. The molecule has 0 saturated heterocycles. The highest BCUT2D eigenvalue weighted by Crippen LogP contribution is 2.29. The molecule has 0 bridgehead atoms. The Bertz CT molecular complexity index is 1570. The second kappa shape index (κ2) is 7.96. The molecule has 32 heavy (non-hydrogen) atoms. The molecule has 156 valence electrons. The van der Waals surface area contributed by atoms with Crippen molar-refractivity contribution < 1.29 is 13.6 Å². The number of fused-ring (bicyclic) bond motifs is 2. The van der Waals surface area contributed by atoms with Gasteiger partial charge in [0.15, 0.2) is 0 Å². The molecule has 7 heteroatoms. The van der Waals surface area contributed by atoms with E-state index in [9.17, 15) is 14.0 Å². The number of H-pyrrole nitrogens is 1. The predicted molar refractivity (Wildman–Crippen MR) is 121 cm³/mol. The van der Waals surface area contributed by atoms with Gasteiger partial charge in [-0.1, -0.05) is 48.5 Å². The van der Waals surface area contributed by atoms with E-state index in [-0.39, 0.29) is 5.56 Å². The molecule has 5 aromatic rings. The molecule has 0 radical (unpaired) electrons. The summed E-state index contributed by atoms with van der Waals surface area (Å²) in [6, 6.07) is 22.1. The zero-order valence-corrected chi connectivity index (χ0v) is 16.6. The number of rotatable bonds is 4. The number of aromatic amines is 1. The molecule has 0 aliphatic carbocycles. The Morgan fingerprint density at radius 3 is 2.62 bits per heavy atom. The van der Waals surface area contributed by atoms with E-state index >= 15 is 0 Å². The molecule has 0 aliphatic heterocycles. The number of benzene rings is 3. The Hall–Kier alpha value is -4.52. The average molecular weight is 425 g/mol. The van der Waals surface area contributed by atoms with Gasteiger partial charge >= 0.3 is 5.63 Å². The van der Waals surface area contributed by atoms with Gasteiger partial charge in [0.05, 0.1) is 23.0 Å². The first-order chi connectivity index (χ1) is 15.6. The summed E-state index contributed by atoms with van der Waals surface area (Å²) in [4.78, 5) is 28.2. The molecule has 0 unspecified atom stereocenters. The van der Waals surface area contributed by atoms with Crippen LogP contribution in [0.1, 0.15) is 15.9 Å². The maximum absolute atomic E-state index is 13.8. The summed E-state index contributed by atoms with van der Waals surface area (Å²) in [5, 5.41) is 5.59. The van der Waals surface area contributed by atoms with Crippen molar-refractivity contribution in [2.75, 3.05) is 0 Å². The number of amides is 1. The zero-order chi connectivity index (χ0) is 22.1. The van der Waals surface area contributed by atoms with Crippen LogP contribution in [0.5, 0.6) is 0 Å². The number of hydrogen-bond acceptors (Lipinski definition) is 4. The van der Waals surface area contributed by atoms with Crippen LogP contribution in [0, 0.1) is 5.82 Å². The molecule has 0 saturated carbocycles. The van der Waals surface area contributed by atoms with E-state index in [2.05, 4.69) is 15.5 Å². The summed E-state index contributed by atoms with van der Waals surface area (Å²) in [6.07, 6.45) is 1.43. The van der Waals surface area contributed by atoms with Crippen LogP contribution in [0.2, 0.25) is 0 Å². The number of carbonyl (C=O) groups is 1. The highest BCUT2D eigenvalue weighted by Gasteiger charge is 2.17. The lowest BCUT2D eigenvalue weighted by Gasteiger charge is -2.03. The lowest BCUT2D eigenvalue weighted by Crippen LogP contribution is -2.19. The van der Waals surface area contributed by atoms with Crippen LogP contribution in [-0.4, -0.2) is 17.1 Å². The number of hydrazone groups is 1. The maximum atomic E-state index is 13.8. The van der Waals surface area contributed by atoms with Crippen molar-refractivity contribution in [1.29, 1.82) is 0 Å². The Morgan fingerprint density at radius 1 is 1.00 bits per heavy atom. The maximum Gasteiger partial charge on any atom is 0.345 e. The molecule has 0 atom stereocenters. The van der Waals surface area contributed by atoms with Crippen molar-refractivity contribution >= 4 is 34.0 Å². The van der Waals surface area contributed by atoms with E-state index in [4.69, 9.17) is 4.42 Å². The molecule has 0 fully saturated rings. The summed E-state index contributed by atoms with van der Waals surface area (Å²) in [5.74, 6) is -1.31. The van der Waals surface area contributed by atoms with E-state index in [1.807, 2.05) is 36.4 Å². The molecule has 2 aromatic heterocycles. The smallest absolute Gasteiger partial charge is 0.345 e. The Balaban J connectivity index is 1.58. The van der Waals surface area contributed by atoms with Crippen LogP contribution < -0.4 is 11.1 Å². The van der Waals surface area contributed by atoms with Crippen LogP contribution in [0.4, 0.5) is 4.39 Å². The van der Waals surface area contributed by atoms with Gasteiger partial charge in [-0.2, -0.15) is 5.10 Å². The number of nitrogens with one attached hydrogen (secondary N) is 2. The van der Waals surface area contributed by atoms with E-state index in [0.29, 0.717) is 22.4 Å². The van der Waals surface area contributed by atoms with Gasteiger partial charge in [-0.05, 0) is 30.3 Å². The van der Waals surface area contributed by atoms with Crippen LogP contribution in [0.3, 0.4) is 0 Å². The van der Waals surface area contributed by atoms with Gasteiger partial charge in [0.2, 0.25) is 0 Å².